The van der Waals surface area contributed by atoms with Gasteiger partial charge in [0.25, 0.3) is 0 Å². The number of phenolic OH excluding ortho intramolecular Hbond substituents is 1. The highest BCUT2D eigenvalue weighted by Crippen LogP contribution is 2.26. The quantitative estimate of drug-likeness (QED) is 0.630. The molecule has 0 amide bonds. The van der Waals surface area contributed by atoms with Crippen molar-refractivity contribution in [2.24, 2.45) is 0 Å². The summed E-state index contributed by atoms with van der Waals surface area (Å²) in [6.45, 7) is 0. The van der Waals surface area contributed by atoms with Crippen LogP contribution in [0.25, 0.3) is 6.08 Å². The third-order valence-corrected chi connectivity index (χ3v) is 3.28. The van der Waals surface area contributed by atoms with Crippen LogP contribution in [-0.4, -0.2) is 23.8 Å². The zero-order chi connectivity index (χ0) is 16.7. The molecule has 118 valence electrons. The molecule has 2 rings (SSSR count). The van der Waals surface area contributed by atoms with E-state index in [0.717, 1.165) is 5.56 Å². The number of methoxy groups -OCH3 is 1. The van der Waals surface area contributed by atoms with E-state index >= 15 is 0 Å². The lowest BCUT2D eigenvalue weighted by Gasteiger charge is -2.03. The van der Waals surface area contributed by atoms with Crippen LogP contribution in [0.5, 0.6) is 11.5 Å². The van der Waals surface area contributed by atoms with Crippen LogP contribution in [0.15, 0.2) is 54.6 Å². The van der Waals surface area contributed by atoms with E-state index in [4.69, 9.17) is 4.74 Å². The minimum Gasteiger partial charge on any atom is -0.504 e. The Kier molecular flexibility index (Phi) is 5.69. The first-order valence-corrected chi connectivity index (χ1v) is 7.22. The average Bonchev–Trinajstić information content (AvgIpc) is 2.55. The van der Waals surface area contributed by atoms with E-state index in [-0.39, 0.29) is 30.2 Å². The number of ketones is 2. The largest absolute Gasteiger partial charge is 0.504 e. The Morgan fingerprint density at radius 1 is 1.13 bits per heavy atom. The maximum absolute atomic E-state index is 11.9. The summed E-state index contributed by atoms with van der Waals surface area (Å²) < 4.78 is 5.00. The van der Waals surface area contributed by atoms with Crippen LogP contribution in [0.3, 0.4) is 0 Å². The van der Waals surface area contributed by atoms with Gasteiger partial charge in [-0.2, -0.15) is 0 Å². The monoisotopic (exact) mass is 310 g/mol. The van der Waals surface area contributed by atoms with Crippen molar-refractivity contribution >= 4 is 17.6 Å². The lowest BCUT2D eigenvalue weighted by atomic mass is 10.0. The molecule has 0 aromatic heterocycles. The standard InChI is InChI=1S/C19H18O4/c1-23-19-12-15(8-10-18(19)22)7-9-16(20)13-17(21)11-14-5-3-2-4-6-14/h2-10,12,22H,11,13H2,1H3/b9-7+. The molecule has 0 saturated carbocycles. The van der Waals surface area contributed by atoms with Gasteiger partial charge in [0.15, 0.2) is 17.3 Å². The van der Waals surface area contributed by atoms with Gasteiger partial charge in [0.1, 0.15) is 5.78 Å². The first-order valence-electron chi connectivity index (χ1n) is 7.22. The number of carbonyl (C=O) groups is 2. The molecule has 4 nitrogen and oxygen atoms in total. The highest BCUT2D eigenvalue weighted by Gasteiger charge is 2.08. The predicted octanol–water partition coefficient (Wildman–Crippen LogP) is 3.19. The zero-order valence-corrected chi connectivity index (χ0v) is 12.9. The number of phenols is 1. The van der Waals surface area contributed by atoms with E-state index in [1.807, 2.05) is 30.3 Å². The fourth-order valence-electron chi connectivity index (χ4n) is 2.13. The molecule has 23 heavy (non-hydrogen) atoms. The van der Waals surface area contributed by atoms with Gasteiger partial charge in [-0.25, -0.2) is 0 Å². The number of allylic oxidation sites excluding steroid dienone is 1. The predicted molar refractivity (Wildman–Crippen MR) is 88.5 cm³/mol. The number of carbonyl (C=O) groups excluding carboxylic acids is 2. The highest BCUT2D eigenvalue weighted by molar-refractivity contribution is 6.06. The molecule has 0 radical (unpaired) electrons. The van der Waals surface area contributed by atoms with Crippen LogP contribution in [0, 0.1) is 0 Å². The van der Waals surface area contributed by atoms with Crippen LogP contribution >= 0.6 is 0 Å². The van der Waals surface area contributed by atoms with Gasteiger partial charge in [-0.1, -0.05) is 42.5 Å². The second kappa shape index (κ2) is 7.94. The molecule has 4 heteroatoms. The van der Waals surface area contributed by atoms with Gasteiger partial charge in [0.05, 0.1) is 13.5 Å². The van der Waals surface area contributed by atoms with Gasteiger partial charge in [0.2, 0.25) is 0 Å². The SMILES string of the molecule is COc1cc(/C=C/C(=O)CC(=O)Cc2ccccc2)ccc1O. The van der Waals surface area contributed by atoms with Crippen molar-refractivity contribution in [3.63, 3.8) is 0 Å². The van der Waals surface area contributed by atoms with Gasteiger partial charge in [0, 0.05) is 6.42 Å². The number of hydrogen-bond donors (Lipinski definition) is 1. The fraction of sp³-hybridized carbons (Fsp3) is 0.158. The molecule has 0 fully saturated rings. The maximum atomic E-state index is 11.9. The van der Waals surface area contributed by atoms with Crippen molar-refractivity contribution in [1.82, 2.24) is 0 Å². The summed E-state index contributed by atoms with van der Waals surface area (Å²) in [5.74, 6) is 0.000813. The molecule has 1 N–H and O–H groups in total. The van der Waals surface area contributed by atoms with Crippen molar-refractivity contribution in [3.8, 4) is 11.5 Å². The van der Waals surface area contributed by atoms with Crippen molar-refractivity contribution in [3.05, 3.63) is 65.7 Å². The van der Waals surface area contributed by atoms with Crippen molar-refractivity contribution in [2.75, 3.05) is 7.11 Å². The molecular formula is C19H18O4. The molecule has 2 aromatic rings. The fourth-order valence-corrected chi connectivity index (χ4v) is 2.13. The molecule has 0 spiro atoms. The second-order valence-electron chi connectivity index (χ2n) is 5.11. The number of aromatic hydroxyl groups is 1. The van der Waals surface area contributed by atoms with Gasteiger partial charge < -0.3 is 9.84 Å². The summed E-state index contributed by atoms with van der Waals surface area (Å²) in [5.41, 5.74) is 1.61. The van der Waals surface area contributed by atoms with E-state index in [9.17, 15) is 14.7 Å². The molecule has 0 aliphatic carbocycles. The Morgan fingerprint density at radius 3 is 2.57 bits per heavy atom. The molecule has 0 bridgehead atoms. The smallest absolute Gasteiger partial charge is 0.163 e. The molecule has 0 aliphatic heterocycles. The van der Waals surface area contributed by atoms with Gasteiger partial charge in [-0.15, -0.1) is 0 Å². The normalized spacial score (nSPS) is 10.7. The van der Waals surface area contributed by atoms with E-state index in [1.165, 1.54) is 19.3 Å². The summed E-state index contributed by atoms with van der Waals surface area (Å²) in [7, 11) is 1.45. The first-order chi connectivity index (χ1) is 11.1. The zero-order valence-electron chi connectivity index (χ0n) is 12.9. The second-order valence-corrected chi connectivity index (χ2v) is 5.11. The number of Topliss-reactive ketones (excluding diaryl/α,β-unsaturated/α-hetero) is 1. The Bertz CT molecular complexity index is 717. The van der Waals surface area contributed by atoms with Crippen LogP contribution < -0.4 is 4.74 Å². The molecule has 0 aliphatic rings. The molecule has 0 heterocycles. The van der Waals surface area contributed by atoms with E-state index in [2.05, 4.69) is 0 Å². The summed E-state index contributed by atoms with van der Waals surface area (Å²) in [6.07, 6.45) is 3.10. The number of rotatable bonds is 7. The Hall–Kier alpha value is -2.88. The Morgan fingerprint density at radius 2 is 1.87 bits per heavy atom. The van der Waals surface area contributed by atoms with Gasteiger partial charge in [-0.05, 0) is 29.3 Å². The first kappa shape index (κ1) is 16.5. The summed E-state index contributed by atoms with van der Waals surface area (Å²) in [4.78, 5) is 23.7. The van der Waals surface area contributed by atoms with Crippen molar-refractivity contribution in [1.29, 1.82) is 0 Å². The number of ether oxygens (including phenoxy) is 1. The topological polar surface area (TPSA) is 63.6 Å². The molecule has 2 aromatic carbocycles. The van der Waals surface area contributed by atoms with Crippen LogP contribution in [-0.2, 0) is 16.0 Å². The van der Waals surface area contributed by atoms with E-state index in [0.29, 0.717) is 11.3 Å². The van der Waals surface area contributed by atoms with Crippen LogP contribution in [0.1, 0.15) is 17.5 Å². The number of hydrogen-bond acceptors (Lipinski definition) is 4. The highest BCUT2D eigenvalue weighted by atomic mass is 16.5. The Labute approximate surface area is 135 Å². The van der Waals surface area contributed by atoms with Crippen LogP contribution in [0.2, 0.25) is 0 Å². The molecular weight excluding hydrogens is 292 g/mol. The maximum Gasteiger partial charge on any atom is 0.163 e. The minimum atomic E-state index is -0.252. The summed E-state index contributed by atoms with van der Waals surface area (Å²) in [6, 6.07) is 14.1. The average molecular weight is 310 g/mol. The third kappa shape index (κ3) is 5.11. The lowest BCUT2D eigenvalue weighted by Crippen LogP contribution is -2.08. The van der Waals surface area contributed by atoms with Gasteiger partial charge in [-0.3, -0.25) is 9.59 Å². The van der Waals surface area contributed by atoms with Gasteiger partial charge >= 0.3 is 0 Å². The Balaban J connectivity index is 1.92. The third-order valence-electron chi connectivity index (χ3n) is 3.28. The molecule has 0 saturated heterocycles. The molecule has 0 unspecified atom stereocenters. The van der Waals surface area contributed by atoms with Crippen molar-refractivity contribution < 1.29 is 19.4 Å². The summed E-state index contributed by atoms with van der Waals surface area (Å²) in [5, 5.41) is 9.51. The minimum absolute atomic E-state index is 0.0361. The summed E-state index contributed by atoms with van der Waals surface area (Å²) >= 11 is 0. The van der Waals surface area contributed by atoms with E-state index in [1.54, 1.807) is 18.2 Å². The number of benzene rings is 2. The van der Waals surface area contributed by atoms with E-state index < -0.39 is 0 Å². The van der Waals surface area contributed by atoms with Crippen molar-refractivity contribution in [2.45, 2.75) is 12.8 Å². The van der Waals surface area contributed by atoms with Crippen LogP contribution in [0.4, 0.5) is 0 Å². The molecule has 0 atom stereocenters. The lowest BCUT2D eigenvalue weighted by molar-refractivity contribution is -0.124.